The predicted octanol–water partition coefficient (Wildman–Crippen LogP) is 5.58. The van der Waals surface area contributed by atoms with E-state index in [0.717, 1.165) is 11.1 Å². The number of hydrogen-bond donors (Lipinski definition) is 0. The van der Waals surface area contributed by atoms with Gasteiger partial charge in [0, 0.05) is 22.2 Å². The Morgan fingerprint density at radius 3 is 2.31 bits per heavy atom. The number of halogens is 1. The van der Waals surface area contributed by atoms with Crippen LogP contribution in [0.25, 0.3) is 33.7 Å². The van der Waals surface area contributed by atoms with Gasteiger partial charge < -0.3 is 4.42 Å². The molecule has 5 rings (SSSR count). The summed E-state index contributed by atoms with van der Waals surface area (Å²) in [6, 6.07) is 19.3. The third kappa shape index (κ3) is 3.87. The van der Waals surface area contributed by atoms with Gasteiger partial charge in [0.1, 0.15) is 16.1 Å². The number of hydrogen-bond acceptors (Lipinski definition) is 5. The molecular formula is C25H20ClN3O2S. The molecule has 3 heterocycles. The molecule has 0 spiro atoms. The minimum atomic E-state index is -0.209. The van der Waals surface area contributed by atoms with Gasteiger partial charge in [-0.2, -0.15) is 9.50 Å². The summed E-state index contributed by atoms with van der Waals surface area (Å²) in [6.45, 7) is 6.52. The molecule has 0 N–H and O–H groups in total. The summed E-state index contributed by atoms with van der Waals surface area (Å²) in [5.74, 6) is 1.85. The van der Waals surface area contributed by atoms with Gasteiger partial charge in [-0.1, -0.05) is 68.0 Å². The molecule has 0 atom stereocenters. The van der Waals surface area contributed by atoms with Gasteiger partial charge in [-0.25, -0.2) is 0 Å². The van der Waals surface area contributed by atoms with Crippen LogP contribution in [0.5, 0.6) is 0 Å². The highest BCUT2D eigenvalue weighted by molar-refractivity contribution is 7.15. The first-order valence-corrected chi connectivity index (χ1v) is 11.4. The highest BCUT2D eigenvalue weighted by Gasteiger charge is 2.16. The first-order chi connectivity index (χ1) is 15.3. The second-order valence-electron chi connectivity index (χ2n) is 8.58. The Hall–Kier alpha value is -3.22. The fourth-order valence-electron chi connectivity index (χ4n) is 3.40. The van der Waals surface area contributed by atoms with Gasteiger partial charge in [-0.15, -0.1) is 5.10 Å². The molecule has 0 amide bonds. The number of nitrogens with zero attached hydrogens (tertiary/aromatic N) is 3. The van der Waals surface area contributed by atoms with E-state index in [1.54, 1.807) is 6.08 Å². The van der Waals surface area contributed by atoms with E-state index < -0.39 is 0 Å². The lowest BCUT2D eigenvalue weighted by molar-refractivity contribution is 0.571. The molecule has 0 saturated heterocycles. The van der Waals surface area contributed by atoms with Gasteiger partial charge in [-0.05, 0) is 47.4 Å². The van der Waals surface area contributed by atoms with Crippen LogP contribution in [0.2, 0.25) is 5.02 Å². The zero-order chi connectivity index (χ0) is 22.5. The van der Waals surface area contributed by atoms with E-state index >= 15 is 0 Å². The number of aromatic nitrogens is 3. The van der Waals surface area contributed by atoms with Gasteiger partial charge in [0.15, 0.2) is 5.82 Å². The summed E-state index contributed by atoms with van der Waals surface area (Å²) < 4.78 is 7.77. The normalized spacial score (nSPS) is 12.7. The summed E-state index contributed by atoms with van der Waals surface area (Å²) in [5, 5.41) is 5.11. The molecule has 0 aliphatic heterocycles. The average molecular weight is 462 g/mol. The highest BCUT2D eigenvalue weighted by Crippen LogP contribution is 2.26. The number of furan rings is 1. The average Bonchev–Trinajstić information content (AvgIpc) is 3.46. The number of rotatable bonds is 3. The Balaban J connectivity index is 1.46. The van der Waals surface area contributed by atoms with E-state index in [9.17, 15) is 4.79 Å². The fraction of sp³-hybridized carbons (Fsp3) is 0.160. The summed E-state index contributed by atoms with van der Waals surface area (Å²) in [7, 11) is 0. The maximum absolute atomic E-state index is 12.9. The molecule has 0 aliphatic carbocycles. The quantitative estimate of drug-likeness (QED) is 0.352. The summed E-state index contributed by atoms with van der Waals surface area (Å²) in [5.41, 5.74) is 2.91. The Labute approximate surface area is 193 Å². The molecule has 0 saturated carbocycles. The molecule has 5 aromatic rings. The lowest BCUT2D eigenvalue weighted by atomic mass is 9.87. The second kappa shape index (κ2) is 7.73. The summed E-state index contributed by atoms with van der Waals surface area (Å²) >= 11 is 7.24. The van der Waals surface area contributed by atoms with Gasteiger partial charge in [-0.3, -0.25) is 4.79 Å². The zero-order valence-electron chi connectivity index (χ0n) is 17.8. The minimum Gasteiger partial charge on any atom is -0.457 e. The van der Waals surface area contributed by atoms with Crippen molar-refractivity contribution < 1.29 is 4.42 Å². The SMILES string of the molecule is CC(C)(C)c1ccc(-c2nc3s/c(=C\c4ccc(-c5ccc(Cl)cc5)o4)c(=O)n3n2)cc1. The number of benzene rings is 2. The standard InChI is InChI=1S/C25H20ClN3O2S/c1-25(2,3)17-8-4-16(5-9-17)22-27-24-29(28-22)23(30)21(32-24)14-19-12-13-20(31-19)15-6-10-18(26)11-7-15/h4-14H,1-3H3/b21-14-. The monoisotopic (exact) mass is 461 g/mol. The number of fused-ring (bicyclic) bond motifs is 1. The molecule has 160 valence electrons. The maximum Gasteiger partial charge on any atom is 0.291 e. The van der Waals surface area contributed by atoms with Crippen molar-refractivity contribution in [2.45, 2.75) is 26.2 Å². The van der Waals surface area contributed by atoms with E-state index in [1.807, 2.05) is 48.5 Å². The lowest BCUT2D eigenvalue weighted by Gasteiger charge is -2.18. The van der Waals surface area contributed by atoms with Crippen LogP contribution in [0.15, 0.2) is 69.9 Å². The molecule has 0 bridgehead atoms. The molecule has 3 aromatic heterocycles. The largest absolute Gasteiger partial charge is 0.457 e. The fourth-order valence-corrected chi connectivity index (χ4v) is 4.42. The van der Waals surface area contributed by atoms with Gasteiger partial charge in [0.2, 0.25) is 4.96 Å². The minimum absolute atomic E-state index is 0.0761. The van der Waals surface area contributed by atoms with Crippen LogP contribution in [0.1, 0.15) is 32.1 Å². The van der Waals surface area contributed by atoms with Crippen molar-refractivity contribution in [2.24, 2.45) is 0 Å². The molecule has 32 heavy (non-hydrogen) atoms. The van der Waals surface area contributed by atoms with E-state index in [2.05, 4.69) is 43.0 Å². The van der Waals surface area contributed by atoms with Gasteiger partial charge in [0.05, 0.1) is 0 Å². The predicted molar refractivity (Wildman–Crippen MR) is 129 cm³/mol. The van der Waals surface area contributed by atoms with Crippen molar-refractivity contribution in [3.05, 3.63) is 91.9 Å². The topological polar surface area (TPSA) is 60.4 Å². The smallest absolute Gasteiger partial charge is 0.291 e. The summed E-state index contributed by atoms with van der Waals surface area (Å²) in [4.78, 5) is 18.0. The second-order valence-corrected chi connectivity index (χ2v) is 10.0. The van der Waals surface area contributed by atoms with E-state index in [1.165, 1.54) is 21.4 Å². The molecule has 5 nitrogen and oxygen atoms in total. The van der Waals surface area contributed by atoms with Crippen LogP contribution in [-0.4, -0.2) is 14.6 Å². The Morgan fingerprint density at radius 2 is 1.66 bits per heavy atom. The highest BCUT2D eigenvalue weighted by atomic mass is 35.5. The van der Waals surface area contributed by atoms with Crippen LogP contribution in [0, 0.1) is 0 Å². The third-order valence-corrected chi connectivity index (χ3v) is 6.43. The van der Waals surface area contributed by atoms with Gasteiger partial charge in [0.25, 0.3) is 5.56 Å². The van der Waals surface area contributed by atoms with Crippen LogP contribution >= 0.6 is 22.9 Å². The first-order valence-electron chi connectivity index (χ1n) is 10.2. The Kier molecular flexibility index (Phi) is 4.99. The van der Waals surface area contributed by atoms with E-state index in [0.29, 0.717) is 31.9 Å². The zero-order valence-corrected chi connectivity index (χ0v) is 19.4. The maximum atomic E-state index is 12.9. The van der Waals surface area contributed by atoms with Crippen LogP contribution in [0.3, 0.4) is 0 Å². The molecule has 0 fully saturated rings. The van der Waals surface area contributed by atoms with Crippen molar-refractivity contribution in [1.82, 2.24) is 14.6 Å². The van der Waals surface area contributed by atoms with Crippen LogP contribution in [-0.2, 0) is 5.41 Å². The van der Waals surface area contributed by atoms with Crippen molar-refractivity contribution in [2.75, 3.05) is 0 Å². The van der Waals surface area contributed by atoms with Crippen LogP contribution < -0.4 is 10.1 Å². The van der Waals surface area contributed by atoms with Crippen molar-refractivity contribution in [3.63, 3.8) is 0 Å². The molecule has 0 unspecified atom stereocenters. The van der Waals surface area contributed by atoms with Crippen molar-refractivity contribution in [1.29, 1.82) is 0 Å². The van der Waals surface area contributed by atoms with Gasteiger partial charge >= 0.3 is 0 Å². The Bertz CT molecular complexity index is 1520. The van der Waals surface area contributed by atoms with E-state index in [-0.39, 0.29) is 11.0 Å². The van der Waals surface area contributed by atoms with Crippen molar-refractivity contribution >= 4 is 34.0 Å². The molecule has 0 radical (unpaired) electrons. The lowest BCUT2D eigenvalue weighted by Crippen LogP contribution is -2.23. The molecular weight excluding hydrogens is 442 g/mol. The molecule has 7 heteroatoms. The molecule has 2 aromatic carbocycles. The van der Waals surface area contributed by atoms with Crippen molar-refractivity contribution in [3.8, 4) is 22.7 Å². The first kappa shape index (κ1) is 20.7. The van der Waals surface area contributed by atoms with Crippen LogP contribution in [0.4, 0.5) is 0 Å². The van der Waals surface area contributed by atoms with E-state index in [4.69, 9.17) is 16.0 Å². The summed E-state index contributed by atoms with van der Waals surface area (Å²) in [6.07, 6.45) is 1.72. The number of thiazole rings is 1. The Morgan fingerprint density at radius 1 is 0.969 bits per heavy atom. The third-order valence-electron chi connectivity index (χ3n) is 5.22. The molecule has 0 aliphatic rings.